The fourth-order valence-electron chi connectivity index (χ4n) is 1.91. The van der Waals surface area contributed by atoms with Gasteiger partial charge in [-0.2, -0.15) is 0 Å². The molecule has 0 bridgehead atoms. The summed E-state index contributed by atoms with van der Waals surface area (Å²) >= 11 is 0. The van der Waals surface area contributed by atoms with Gasteiger partial charge in [0.25, 0.3) is 0 Å². The molecule has 0 aliphatic rings. The van der Waals surface area contributed by atoms with Crippen molar-refractivity contribution in [2.24, 2.45) is 0 Å². The topological polar surface area (TPSA) is 29.3 Å². The molecule has 0 unspecified atom stereocenters. The first kappa shape index (κ1) is 12.8. The van der Waals surface area contributed by atoms with Crippen LogP contribution in [0.4, 0.5) is 0 Å². The molecule has 0 fully saturated rings. The lowest BCUT2D eigenvalue weighted by Gasteiger charge is -2.13. The molecule has 0 aliphatic heterocycles. The number of rotatable bonds is 6. The Labute approximate surface area is 108 Å². The second-order valence-electron chi connectivity index (χ2n) is 4.64. The maximum absolute atomic E-state index is 5.38. The molecule has 0 amide bonds. The van der Waals surface area contributed by atoms with E-state index in [0.29, 0.717) is 0 Å². The van der Waals surface area contributed by atoms with Gasteiger partial charge in [-0.3, -0.25) is 0 Å². The first-order chi connectivity index (χ1) is 8.79. The number of hydrogen-bond donors (Lipinski definition) is 0. The third kappa shape index (κ3) is 3.44. The molecule has 0 aliphatic carbocycles. The van der Waals surface area contributed by atoms with Crippen molar-refractivity contribution in [3.8, 4) is 11.3 Å². The lowest BCUT2D eigenvalue weighted by Crippen LogP contribution is -2.18. The van der Waals surface area contributed by atoms with Crippen LogP contribution in [0, 0.1) is 0 Å². The zero-order valence-corrected chi connectivity index (χ0v) is 11.1. The fraction of sp³-hybridized carbons (Fsp3) is 0.400. The molecule has 3 heteroatoms. The van der Waals surface area contributed by atoms with Crippen molar-refractivity contribution in [2.45, 2.75) is 26.3 Å². The fourth-order valence-corrected chi connectivity index (χ4v) is 1.91. The van der Waals surface area contributed by atoms with Gasteiger partial charge in [-0.25, -0.2) is 0 Å². The summed E-state index contributed by atoms with van der Waals surface area (Å²) < 4.78 is 5.38. The molecule has 0 radical (unpaired) electrons. The normalized spacial score (nSPS) is 11.1. The third-order valence-electron chi connectivity index (χ3n) is 2.94. The van der Waals surface area contributed by atoms with Crippen LogP contribution in [-0.4, -0.2) is 23.6 Å². The average Bonchev–Trinajstić information content (AvgIpc) is 2.86. The van der Waals surface area contributed by atoms with Gasteiger partial charge in [-0.05, 0) is 20.0 Å². The molecule has 1 heterocycles. The number of benzene rings is 1. The largest absolute Gasteiger partial charge is 0.356 e. The molecule has 0 spiro atoms. The molecule has 18 heavy (non-hydrogen) atoms. The predicted molar refractivity (Wildman–Crippen MR) is 73.2 cm³/mol. The summed E-state index contributed by atoms with van der Waals surface area (Å²) in [5.74, 6) is 0.842. The Bertz CT molecular complexity index is 464. The van der Waals surface area contributed by atoms with E-state index in [1.165, 1.54) is 12.8 Å². The van der Waals surface area contributed by atoms with Crippen LogP contribution in [0.1, 0.15) is 25.5 Å². The van der Waals surface area contributed by atoms with Crippen LogP contribution in [0.3, 0.4) is 0 Å². The predicted octanol–water partition coefficient (Wildman–Crippen LogP) is 3.57. The number of unbranched alkanes of at least 4 members (excludes halogenated alkanes) is 1. The van der Waals surface area contributed by atoms with Crippen LogP contribution in [0.2, 0.25) is 0 Å². The van der Waals surface area contributed by atoms with Gasteiger partial charge < -0.3 is 9.42 Å². The Morgan fingerprint density at radius 3 is 2.72 bits per heavy atom. The summed E-state index contributed by atoms with van der Waals surface area (Å²) in [5, 5.41) is 4.12. The molecule has 1 aromatic heterocycles. The third-order valence-corrected chi connectivity index (χ3v) is 2.94. The number of nitrogens with zero attached hydrogens (tertiary/aromatic N) is 2. The van der Waals surface area contributed by atoms with E-state index < -0.39 is 0 Å². The maximum Gasteiger partial charge on any atom is 0.167 e. The highest BCUT2D eigenvalue weighted by Gasteiger charge is 2.08. The van der Waals surface area contributed by atoms with Gasteiger partial charge in [-0.15, -0.1) is 0 Å². The molecule has 1 aromatic carbocycles. The van der Waals surface area contributed by atoms with Gasteiger partial charge in [0.2, 0.25) is 0 Å². The zero-order chi connectivity index (χ0) is 12.8. The second kappa shape index (κ2) is 6.36. The quantitative estimate of drug-likeness (QED) is 0.778. The van der Waals surface area contributed by atoms with Gasteiger partial charge in [0.1, 0.15) is 0 Å². The Kier molecular flexibility index (Phi) is 4.53. The SMILES string of the molecule is CCCCN(C)Cc1cc(-c2ccccc2)on1. The van der Waals surface area contributed by atoms with Crippen molar-refractivity contribution in [1.29, 1.82) is 0 Å². The van der Waals surface area contributed by atoms with E-state index in [2.05, 4.69) is 24.0 Å². The summed E-state index contributed by atoms with van der Waals surface area (Å²) in [6.45, 7) is 4.15. The van der Waals surface area contributed by atoms with Crippen LogP contribution in [0.25, 0.3) is 11.3 Å². The highest BCUT2D eigenvalue weighted by molar-refractivity contribution is 5.56. The van der Waals surface area contributed by atoms with Crippen molar-refractivity contribution >= 4 is 0 Å². The second-order valence-corrected chi connectivity index (χ2v) is 4.64. The Balaban J connectivity index is 1.98. The van der Waals surface area contributed by atoms with Crippen molar-refractivity contribution in [3.63, 3.8) is 0 Å². The van der Waals surface area contributed by atoms with Gasteiger partial charge in [0, 0.05) is 18.2 Å². The molecule has 96 valence electrons. The van der Waals surface area contributed by atoms with E-state index in [0.717, 1.165) is 30.1 Å². The van der Waals surface area contributed by atoms with E-state index in [-0.39, 0.29) is 0 Å². The van der Waals surface area contributed by atoms with Crippen molar-refractivity contribution in [2.75, 3.05) is 13.6 Å². The summed E-state index contributed by atoms with van der Waals surface area (Å²) in [4.78, 5) is 2.27. The molecule has 2 rings (SSSR count). The van der Waals surface area contributed by atoms with Crippen LogP contribution in [0.15, 0.2) is 40.9 Å². The highest BCUT2D eigenvalue weighted by Crippen LogP contribution is 2.20. The molecule has 0 saturated carbocycles. The van der Waals surface area contributed by atoms with E-state index in [1.54, 1.807) is 0 Å². The minimum Gasteiger partial charge on any atom is -0.356 e. The number of hydrogen-bond acceptors (Lipinski definition) is 3. The monoisotopic (exact) mass is 244 g/mol. The van der Waals surface area contributed by atoms with Crippen LogP contribution in [-0.2, 0) is 6.54 Å². The molecular weight excluding hydrogens is 224 g/mol. The van der Waals surface area contributed by atoms with Crippen LogP contribution in [0.5, 0.6) is 0 Å². The summed E-state index contributed by atoms with van der Waals surface area (Å²) in [7, 11) is 2.12. The van der Waals surface area contributed by atoms with Crippen LogP contribution >= 0.6 is 0 Å². The van der Waals surface area contributed by atoms with E-state index in [4.69, 9.17) is 4.52 Å². The molecule has 2 aromatic rings. The standard InChI is InChI=1S/C15H20N2O/c1-3-4-10-17(2)12-14-11-15(18-16-14)13-8-6-5-7-9-13/h5-9,11H,3-4,10,12H2,1-2H3. The Morgan fingerprint density at radius 2 is 2.00 bits per heavy atom. The Morgan fingerprint density at radius 1 is 1.22 bits per heavy atom. The molecule has 0 saturated heterocycles. The smallest absolute Gasteiger partial charge is 0.167 e. The first-order valence-corrected chi connectivity index (χ1v) is 6.49. The zero-order valence-electron chi connectivity index (χ0n) is 11.1. The van der Waals surface area contributed by atoms with Gasteiger partial charge in [-0.1, -0.05) is 48.8 Å². The Hall–Kier alpha value is -1.61. The van der Waals surface area contributed by atoms with Crippen molar-refractivity contribution in [1.82, 2.24) is 10.1 Å². The molecule has 0 atom stereocenters. The minimum absolute atomic E-state index is 0.842. The first-order valence-electron chi connectivity index (χ1n) is 6.49. The van der Waals surface area contributed by atoms with Crippen molar-refractivity contribution in [3.05, 3.63) is 42.1 Å². The summed E-state index contributed by atoms with van der Waals surface area (Å²) in [6, 6.07) is 12.1. The average molecular weight is 244 g/mol. The highest BCUT2D eigenvalue weighted by atomic mass is 16.5. The van der Waals surface area contributed by atoms with E-state index in [9.17, 15) is 0 Å². The van der Waals surface area contributed by atoms with E-state index >= 15 is 0 Å². The minimum atomic E-state index is 0.842. The summed E-state index contributed by atoms with van der Waals surface area (Å²) in [5.41, 5.74) is 2.07. The molecule has 3 nitrogen and oxygen atoms in total. The number of aromatic nitrogens is 1. The maximum atomic E-state index is 5.38. The van der Waals surface area contributed by atoms with Gasteiger partial charge in [0.15, 0.2) is 5.76 Å². The van der Waals surface area contributed by atoms with Gasteiger partial charge in [0.05, 0.1) is 5.69 Å². The summed E-state index contributed by atoms with van der Waals surface area (Å²) in [6.07, 6.45) is 2.44. The van der Waals surface area contributed by atoms with E-state index in [1.807, 2.05) is 36.4 Å². The molecule has 0 N–H and O–H groups in total. The van der Waals surface area contributed by atoms with Crippen LogP contribution < -0.4 is 0 Å². The van der Waals surface area contributed by atoms with Crippen molar-refractivity contribution < 1.29 is 4.52 Å². The van der Waals surface area contributed by atoms with Gasteiger partial charge >= 0.3 is 0 Å². The lowest BCUT2D eigenvalue weighted by atomic mass is 10.1. The molecular formula is C15H20N2O. The lowest BCUT2D eigenvalue weighted by molar-refractivity contribution is 0.306.